The Morgan fingerprint density at radius 3 is 2.26 bits per heavy atom. The molecule has 0 saturated heterocycles. The van der Waals surface area contributed by atoms with Gasteiger partial charge < -0.3 is 14.8 Å². The molecule has 4 rings (SSSR count). The van der Waals surface area contributed by atoms with Crippen molar-refractivity contribution < 1.29 is 14.3 Å². The highest BCUT2D eigenvalue weighted by molar-refractivity contribution is 5.99. The summed E-state index contributed by atoms with van der Waals surface area (Å²) in [6, 6.07) is 25.0. The first-order valence-corrected chi connectivity index (χ1v) is 9.89. The SMILES string of the molecule is COc1ccc(CNC(=O)c2cn(-c3ccccc3)nc2-c2ccccc2)cc1OC. The summed E-state index contributed by atoms with van der Waals surface area (Å²) in [5.74, 6) is 1.07. The Hall–Kier alpha value is -4.06. The van der Waals surface area contributed by atoms with E-state index in [0.29, 0.717) is 29.3 Å². The number of carbonyl (C=O) groups is 1. The minimum Gasteiger partial charge on any atom is -0.493 e. The quantitative estimate of drug-likeness (QED) is 0.485. The van der Waals surface area contributed by atoms with E-state index in [1.807, 2.05) is 78.9 Å². The van der Waals surface area contributed by atoms with Gasteiger partial charge in [-0.15, -0.1) is 0 Å². The van der Waals surface area contributed by atoms with Crippen molar-refractivity contribution in [3.05, 3.63) is 96.2 Å². The molecule has 0 spiro atoms. The number of benzene rings is 3. The summed E-state index contributed by atoms with van der Waals surface area (Å²) < 4.78 is 12.3. The van der Waals surface area contributed by atoms with Crippen molar-refractivity contribution in [3.8, 4) is 28.4 Å². The number of aromatic nitrogens is 2. The number of hydrogen-bond donors (Lipinski definition) is 1. The fourth-order valence-corrected chi connectivity index (χ4v) is 3.33. The molecule has 0 aliphatic heterocycles. The second-order valence-electron chi connectivity index (χ2n) is 6.91. The Labute approximate surface area is 181 Å². The highest BCUT2D eigenvalue weighted by atomic mass is 16.5. The number of rotatable bonds is 7. The minimum atomic E-state index is -0.198. The molecule has 0 aliphatic carbocycles. The second kappa shape index (κ2) is 9.17. The average Bonchev–Trinajstić information content (AvgIpc) is 3.29. The first-order valence-electron chi connectivity index (χ1n) is 9.89. The van der Waals surface area contributed by atoms with Crippen LogP contribution in [0, 0.1) is 0 Å². The first-order chi connectivity index (χ1) is 15.2. The summed E-state index contributed by atoms with van der Waals surface area (Å²) in [6.45, 7) is 0.351. The molecule has 0 unspecified atom stereocenters. The van der Waals surface area contributed by atoms with Gasteiger partial charge in [-0.25, -0.2) is 4.68 Å². The molecule has 1 heterocycles. The Balaban J connectivity index is 1.62. The third-order valence-electron chi connectivity index (χ3n) is 4.93. The van der Waals surface area contributed by atoms with Crippen LogP contribution in [-0.4, -0.2) is 29.9 Å². The molecule has 3 aromatic carbocycles. The standard InChI is InChI=1S/C25H23N3O3/c1-30-22-14-13-18(15-23(22)31-2)16-26-25(29)21-17-28(20-11-7-4-8-12-20)27-24(21)19-9-5-3-6-10-19/h3-15,17H,16H2,1-2H3,(H,26,29). The molecule has 31 heavy (non-hydrogen) atoms. The summed E-state index contributed by atoms with van der Waals surface area (Å²) in [5.41, 5.74) is 3.82. The molecule has 0 radical (unpaired) electrons. The third kappa shape index (κ3) is 4.43. The van der Waals surface area contributed by atoms with Gasteiger partial charge in [0, 0.05) is 18.3 Å². The molecule has 6 nitrogen and oxygen atoms in total. The normalized spacial score (nSPS) is 10.5. The zero-order valence-electron chi connectivity index (χ0n) is 17.4. The topological polar surface area (TPSA) is 65.4 Å². The maximum Gasteiger partial charge on any atom is 0.255 e. The molecule has 1 aromatic heterocycles. The molecule has 1 N–H and O–H groups in total. The number of hydrogen-bond acceptors (Lipinski definition) is 4. The van der Waals surface area contributed by atoms with Crippen LogP contribution >= 0.6 is 0 Å². The van der Waals surface area contributed by atoms with Gasteiger partial charge in [0.15, 0.2) is 11.5 Å². The van der Waals surface area contributed by atoms with Gasteiger partial charge in [-0.05, 0) is 29.8 Å². The molecule has 0 atom stereocenters. The van der Waals surface area contributed by atoms with E-state index in [1.165, 1.54) is 0 Å². The average molecular weight is 413 g/mol. The number of nitrogens with one attached hydrogen (secondary N) is 1. The second-order valence-corrected chi connectivity index (χ2v) is 6.91. The predicted octanol–water partition coefficient (Wildman–Crippen LogP) is 4.49. The van der Waals surface area contributed by atoms with Crippen molar-refractivity contribution in [1.29, 1.82) is 0 Å². The number of para-hydroxylation sites is 1. The zero-order chi connectivity index (χ0) is 21.6. The van der Waals surface area contributed by atoms with Crippen LogP contribution in [-0.2, 0) is 6.54 Å². The van der Waals surface area contributed by atoms with Crippen LogP contribution in [0.5, 0.6) is 11.5 Å². The van der Waals surface area contributed by atoms with Crippen LogP contribution in [0.3, 0.4) is 0 Å². The fourth-order valence-electron chi connectivity index (χ4n) is 3.33. The fraction of sp³-hybridized carbons (Fsp3) is 0.120. The molecule has 0 bridgehead atoms. The molecule has 0 saturated carbocycles. The van der Waals surface area contributed by atoms with Gasteiger partial charge >= 0.3 is 0 Å². The van der Waals surface area contributed by atoms with E-state index >= 15 is 0 Å². The highest BCUT2D eigenvalue weighted by Gasteiger charge is 2.18. The van der Waals surface area contributed by atoms with E-state index in [9.17, 15) is 4.79 Å². The van der Waals surface area contributed by atoms with Gasteiger partial charge in [0.2, 0.25) is 0 Å². The summed E-state index contributed by atoms with van der Waals surface area (Å²) in [5, 5.41) is 7.69. The number of amides is 1. The van der Waals surface area contributed by atoms with Gasteiger partial charge in [0.25, 0.3) is 5.91 Å². The lowest BCUT2D eigenvalue weighted by atomic mass is 10.1. The van der Waals surface area contributed by atoms with Crippen molar-refractivity contribution >= 4 is 5.91 Å². The van der Waals surface area contributed by atoms with Crippen molar-refractivity contribution in [2.45, 2.75) is 6.54 Å². The van der Waals surface area contributed by atoms with Crippen LogP contribution < -0.4 is 14.8 Å². The van der Waals surface area contributed by atoms with Gasteiger partial charge in [0.05, 0.1) is 25.5 Å². The monoisotopic (exact) mass is 413 g/mol. The van der Waals surface area contributed by atoms with E-state index in [2.05, 4.69) is 5.32 Å². The maximum absolute atomic E-state index is 13.1. The Bertz CT molecular complexity index is 1170. The Kier molecular flexibility index (Phi) is 5.98. The van der Waals surface area contributed by atoms with Gasteiger partial charge in [0.1, 0.15) is 5.69 Å². The maximum atomic E-state index is 13.1. The molecule has 4 aromatic rings. The highest BCUT2D eigenvalue weighted by Crippen LogP contribution is 2.28. The molecular weight excluding hydrogens is 390 g/mol. The van der Waals surface area contributed by atoms with Crippen molar-refractivity contribution in [2.24, 2.45) is 0 Å². The largest absolute Gasteiger partial charge is 0.493 e. The molecule has 0 aliphatic rings. The van der Waals surface area contributed by atoms with Crippen molar-refractivity contribution in [3.63, 3.8) is 0 Å². The summed E-state index contributed by atoms with van der Waals surface area (Å²) in [4.78, 5) is 13.1. The van der Waals surface area contributed by atoms with E-state index in [1.54, 1.807) is 25.1 Å². The minimum absolute atomic E-state index is 0.198. The van der Waals surface area contributed by atoms with Crippen LogP contribution in [0.15, 0.2) is 85.1 Å². The molecular formula is C25H23N3O3. The lowest BCUT2D eigenvalue weighted by Crippen LogP contribution is -2.23. The number of carbonyl (C=O) groups excluding carboxylic acids is 1. The summed E-state index contributed by atoms with van der Waals surface area (Å²) in [7, 11) is 3.18. The van der Waals surface area contributed by atoms with Crippen LogP contribution in [0.1, 0.15) is 15.9 Å². The van der Waals surface area contributed by atoms with Crippen LogP contribution in [0.25, 0.3) is 16.9 Å². The molecule has 1 amide bonds. The van der Waals surface area contributed by atoms with Gasteiger partial charge in [-0.3, -0.25) is 4.79 Å². The van der Waals surface area contributed by atoms with Gasteiger partial charge in [-0.1, -0.05) is 54.6 Å². The summed E-state index contributed by atoms with van der Waals surface area (Å²) >= 11 is 0. The molecule has 6 heteroatoms. The smallest absolute Gasteiger partial charge is 0.255 e. The van der Waals surface area contributed by atoms with E-state index in [-0.39, 0.29) is 5.91 Å². The third-order valence-corrected chi connectivity index (χ3v) is 4.93. The Morgan fingerprint density at radius 2 is 1.58 bits per heavy atom. The number of nitrogens with zero attached hydrogens (tertiary/aromatic N) is 2. The lowest BCUT2D eigenvalue weighted by Gasteiger charge is -2.10. The van der Waals surface area contributed by atoms with Crippen molar-refractivity contribution in [2.75, 3.05) is 14.2 Å². The van der Waals surface area contributed by atoms with E-state index in [0.717, 1.165) is 16.8 Å². The van der Waals surface area contributed by atoms with E-state index in [4.69, 9.17) is 14.6 Å². The Morgan fingerprint density at radius 1 is 0.903 bits per heavy atom. The number of ether oxygens (including phenoxy) is 2. The zero-order valence-corrected chi connectivity index (χ0v) is 17.4. The first kappa shape index (κ1) is 20.2. The van der Waals surface area contributed by atoms with Crippen LogP contribution in [0.2, 0.25) is 0 Å². The molecule has 0 fully saturated rings. The van der Waals surface area contributed by atoms with Crippen LogP contribution in [0.4, 0.5) is 0 Å². The number of methoxy groups -OCH3 is 2. The van der Waals surface area contributed by atoms with E-state index < -0.39 is 0 Å². The van der Waals surface area contributed by atoms with Crippen molar-refractivity contribution in [1.82, 2.24) is 15.1 Å². The van der Waals surface area contributed by atoms with Gasteiger partial charge in [-0.2, -0.15) is 5.10 Å². The predicted molar refractivity (Wildman–Crippen MR) is 120 cm³/mol. The molecule has 156 valence electrons. The summed E-state index contributed by atoms with van der Waals surface area (Å²) in [6.07, 6.45) is 1.77. The lowest BCUT2D eigenvalue weighted by molar-refractivity contribution is 0.0951.